The molecule has 1 amide bonds. The molecule has 5 heteroatoms. The Morgan fingerprint density at radius 1 is 0.875 bits per heavy atom. The van der Waals surface area contributed by atoms with Crippen molar-refractivity contribution in [1.29, 1.82) is 0 Å². The monoisotopic (exact) mass is 330 g/mol. The van der Waals surface area contributed by atoms with Crippen LogP contribution in [-0.4, -0.2) is 86.6 Å². The maximum atomic E-state index is 12.5. The van der Waals surface area contributed by atoms with Crippen LogP contribution in [0.5, 0.6) is 0 Å². The Balaban J connectivity index is 1.37. The molecule has 2 aliphatic heterocycles. The smallest absolute Gasteiger partial charge is 0.240 e. The second-order valence-electron chi connectivity index (χ2n) is 6.95. The number of carbonyl (C=O) groups is 1. The van der Waals surface area contributed by atoms with Gasteiger partial charge < -0.3 is 9.80 Å². The zero-order chi connectivity index (χ0) is 16.8. The first-order valence-electron chi connectivity index (χ1n) is 9.21. The second-order valence-corrected chi connectivity index (χ2v) is 6.95. The van der Waals surface area contributed by atoms with Gasteiger partial charge in [0.2, 0.25) is 5.91 Å². The van der Waals surface area contributed by atoms with E-state index in [1.807, 2.05) is 37.4 Å². The molecule has 5 nitrogen and oxygen atoms in total. The number of likely N-dealkylation sites (tertiary alicyclic amines) is 1. The third kappa shape index (κ3) is 4.79. The van der Waals surface area contributed by atoms with Crippen LogP contribution in [-0.2, 0) is 4.79 Å². The Hall–Kier alpha value is -1.43. The minimum absolute atomic E-state index is 0.173. The number of anilines is 1. The third-order valence-corrected chi connectivity index (χ3v) is 5.27. The summed E-state index contributed by atoms with van der Waals surface area (Å²) in [7, 11) is 1.87. The van der Waals surface area contributed by atoms with Gasteiger partial charge in [0.25, 0.3) is 0 Å². The molecule has 2 saturated heterocycles. The van der Waals surface area contributed by atoms with Crippen LogP contribution >= 0.6 is 0 Å². The topological polar surface area (TPSA) is 30.0 Å². The van der Waals surface area contributed by atoms with E-state index in [0.29, 0.717) is 6.54 Å². The second kappa shape index (κ2) is 8.60. The van der Waals surface area contributed by atoms with Gasteiger partial charge >= 0.3 is 0 Å². The van der Waals surface area contributed by atoms with Gasteiger partial charge in [0.05, 0.1) is 6.54 Å². The van der Waals surface area contributed by atoms with Gasteiger partial charge in [-0.2, -0.15) is 0 Å². The van der Waals surface area contributed by atoms with Crippen LogP contribution in [0.1, 0.15) is 12.8 Å². The van der Waals surface area contributed by atoms with Gasteiger partial charge in [-0.25, -0.2) is 0 Å². The van der Waals surface area contributed by atoms with E-state index in [2.05, 4.69) is 14.7 Å². The molecule has 2 fully saturated rings. The Labute approximate surface area is 145 Å². The molecule has 3 rings (SSSR count). The Bertz CT molecular complexity index is 507. The number of carbonyl (C=O) groups excluding carboxylic acids is 1. The number of amides is 1. The van der Waals surface area contributed by atoms with Crippen molar-refractivity contribution < 1.29 is 4.79 Å². The normalized spacial score (nSPS) is 20.4. The molecule has 0 aromatic heterocycles. The summed E-state index contributed by atoms with van der Waals surface area (Å²) < 4.78 is 0. The van der Waals surface area contributed by atoms with Crippen LogP contribution in [0.15, 0.2) is 30.3 Å². The summed E-state index contributed by atoms with van der Waals surface area (Å²) in [6.45, 7) is 9.60. The number of likely N-dealkylation sites (N-methyl/N-ethyl adjacent to an activating group) is 1. The lowest BCUT2D eigenvalue weighted by Crippen LogP contribution is -2.50. The molecule has 2 heterocycles. The molecule has 0 aliphatic carbocycles. The molecule has 0 atom stereocenters. The first-order valence-corrected chi connectivity index (χ1v) is 9.21. The zero-order valence-electron chi connectivity index (χ0n) is 14.9. The van der Waals surface area contributed by atoms with E-state index in [1.165, 1.54) is 39.0 Å². The quantitative estimate of drug-likeness (QED) is 0.788. The highest BCUT2D eigenvalue weighted by molar-refractivity contribution is 5.94. The van der Waals surface area contributed by atoms with E-state index in [-0.39, 0.29) is 5.91 Å². The van der Waals surface area contributed by atoms with Gasteiger partial charge in [-0.3, -0.25) is 14.6 Å². The van der Waals surface area contributed by atoms with Gasteiger partial charge in [-0.05, 0) is 38.1 Å². The van der Waals surface area contributed by atoms with Crippen molar-refractivity contribution in [1.82, 2.24) is 14.7 Å². The number of para-hydroxylation sites is 1. The first kappa shape index (κ1) is 17.4. The van der Waals surface area contributed by atoms with Crippen LogP contribution in [0.3, 0.4) is 0 Å². The highest BCUT2D eigenvalue weighted by Gasteiger charge is 2.21. The van der Waals surface area contributed by atoms with Gasteiger partial charge in [0.15, 0.2) is 0 Å². The molecule has 1 aromatic rings. The van der Waals surface area contributed by atoms with Crippen LogP contribution < -0.4 is 4.90 Å². The van der Waals surface area contributed by atoms with E-state index < -0.39 is 0 Å². The SMILES string of the molecule is CN(C(=O)CN1CCN(CCN2CCCC2)CC1)c1ccccc1. The Morgan fingerprint density at radius 3 is 2.04 bits per heavy atom. The minimum Gasteiger partial charge on any atom is -0.314 e. The van der Waals surface area contributed by atoms with Crippen molar-refractivity contribution in [2.24, 2.45) is 0 Å². The van der Waals surface area contributed by atoms with E-state index in [1.54, 1.807) is 4.90 Å². The van der Waals surface area contributed by atoms with Crippen molar-refractivity contribution in [2.75, 3.05) is 70.9 Å². The third-order valence-electron chi connectivity index (χ3n) is 5.27. The average Bonchev–Trinajstić information content (AvgIpc) is 3.15. The van der Waals surface area contributed by atoms with Gasteiger partial charge in [-0.1, -0.05) is 18.2 Å². The molecule has 132 valence electrons. The van der Waals surface area contributed by atoms with Crippen LogP contribution in [0.25, 0.3) is 0 Å². The average molecular weight is 330 g/mol. The number of hydrogen-bond donors (Lipinski definition) is 0. The van der Waals surface area contributed by atoms with Crippen molar-refractivity contribution in [3.63, 3.8) is 0 Å². The molecule has 2 aliphatic rings. The standard InChI is InChI=1S/C19H30N4O/c1-20(18-7-3-2-4-8-18)19(24)17-23-15-13-22(14-16-23)12-11-21-9-5-6-10-21/h2-4,7-8H,5-6,9-17H2,1H3. The van der Waals surface area contributed by atoms with Crippen molar-refractivity contribution in [3.8, 4) is 0 Å². The lowest BCUT2D eigenvalue weighted by atomic mass is 10.2. The first-order chi connectivity index (χ1) is 11.7. The molecule has 1 aromatic carbocycles. The summed E-state index contributed by atoms with van der Waals surface area (Å²) in [5.74, 6) is 0.173. The van der Waals surface area contributed by atoms with Crippen LogP contribution in [0.2, 0.25) is 0 Å². The van der Waals surface area contributed by atoms with Crippen LogP contribution in [0.4, 0.5) is 5.69 Å². The number of piperazine rings is 1. The largest absolute Gasteiger partial charge is 0.314 e. The Morgan fingerprint density at radius 2 is 1.42 bits per heavy atom. The maximum Gasteiger partial charge on any atom is 0.240 e. The number of nitrogens with zero attached hydrogens (tertiary/aromatic N) is 4. The fourth-order valence-corrected chi connectivity index (χ4v) is 3.55. The van der Waals surface area contributed by atoms with Gasteiger partial charge in [0, 0.05) is 52.0 Å². The van der Waals surface area contributed by atoms with Crippen molar-refractivity contribution in [2.45, 2.75) is 12.8 Å². The van der Waals surface area contributed by atoms with Crippen molar-refractivity contribution >= 4 is 11.6 Å². The molecule has 0 N–H and O–H groups in total. The van der Waals surface area contributed by atoms with Crippen molar-refractivity contribution in [3.05, 3.63) is 30.3 Å². The molecular formula is C19H30N4O. The summed E-state index contributed by atoms with van der Waals surface area (Å²) in [4.78, 5) is 21.6. The maximum absolute atomic E-state index is 12.5. The molecule has 0 saturated carbocycles. The zero-order valence-corrected chi connectivity index (χ0v) is 14.9. The highest BCUT2D eigenvalue weighted by atomic mass is 16.2. The summed E-state index contributed by atoms with van der Waals surface area (Å²) in [6, 6.07) is 9.88. The predicted octanol–water partition coefficient (Wildman–Crippen LogP) is 1.36. The summed E-state index contributed by atoms with van der Waals surface area (Å²) >= 11 is 0. The molecule has 24 heavy (non-hydrogen) atoms. The molecular weight excluding hydrogens is 300 g/mol. The van der Waals surface area contributed by atoms with E-state index in [4.69, 9.17) is 0 Å². The molecule has 0 spiro atoms. The molecule has 0 bridgehead atoms. The lowest BCUT2D eigenvalue weighted by molar-refractivity contribution is -0.119. The van der Waals surface area contributed by atoms with Gasteiger partial charge in [0.1, 0.15) is 0 Å². The lowest BCUT2D eigenvalue weighted by Gasteiger charge is -2.35. The summed E-state index contributed by atoms with van der Waals surface area (Å²) in [5, 5.41) is 0. The fourth-order valence-electron chi connectivity index (χ4n) is 3.55. The molecule has 0 unspecified atom stereocenters. The van der Waals surface area contributed by atoms with Crippen LogP contribution in [0, 0.1) is 0 Å². The number of benzene rings is 1. The summed E-state index contributed by atoms with van der Waals surface area (Å²) in [5.41, 5.74) is 0.965. The van der Waals surface area contributed by atoms with E-state index in [0.717, 1.165) is 31.9 Å². The highest BCUT2D eigenvalue weighted by Crippen LogP contribution is 2.12. The van der Waals surface area contributed by atoms with E-state index >= 15 is 0 Å². The Kier molecular flexibility index (Phi) is 6.24. The molecule has 0 radical (unpaired) electrons. The predicted molar refractivity (Wildman–Crippen MR) is 98.4 cm³/mol. The van der Waals surface area contributed by atoms with E-state index in [9.17, 15) is 4.79 Å². The number of rotatable bonds is 6. The summed E-state index contributed by atoms with van der Waals surface area (Å²) in [6.07, 6.45) is 2.73. The number of hydrogen-bond acceptors (Lipinski definition) is 4. The van der Waals surface area contributed by atoms with Gasteiger partial charge in [-0.15, -0.1) is 0 Å². The minimum atomic E-state index is 0.173. The fraction of sp³-hybridized carbons (Fsp3) is 0.632.